The highest BCUT2D eigenvalue weighted by molar-refractivity contribution is 7.15. The molecule has 0 spiro atoms. The van der Waals surface area contributed by atoms with Crippen molar-refractivity contribution in [3.05, 3.63) is 41.2 Å². The van der Waals surface area contributed by atoms with Gasteiger partial charge in [0, 0.05) is 22.7 Å². The molecule has 0 atom stereocenters. The van der Waals surface area contributed by atoms with Crippen LogP contribution in [0.2, 0.25) is 0 Å². The van der Waals surface area contributed by atoms with E-state index in [0.29, 0.717) is 11.6 Å². The molecular weight excluding hydrogens is 309 g/mol. The van der Waals surface area contributed by atoms with Crippen LogP contribution in [-0.2, 0) is 6.42 Å². The number of nitrogens with one attached hydrogen (secondary N) is 1. The van der Waals surface area contributed by atoms with Gasteiger partial charge in [-0.05, 0) is 31.4 Å². The van der Waals surface area contributed by atoms with Gasteiger partial charge >= 0.3 is 0 Å². The summed E-state index contributed by atoms with van der Waals surface area (Å²) in [6.45, 7) is 2.14. The first-order valence-electron chi connectivity index (χ1n) is 8.28. The number of halogens is 1. The maximum atomic E-state index is 14.3. The summed E-state index contributed by atoms with van der Waals surface area (Å²) >= 11 is 1.62. The smallest absolute Gasteiger partial charge is 0.196 e. The number of fused-ring (bicyclic) bond motifs is 1. The van der Waals surface area contributed by atoms with E-state index in [9.17, 15) is 4.39 Å². The lowest BCUT2D eigenvalue weighted by Gasteiger charge is -2.15. The van der Waals surface area contributed by atoms with Crippen molar-refractivity contribution in [2.75, 3.05) is 5.32 Å². The van der Waals surface area contributed by atoms with Crippen LogP contribution in [0.3, 0.4) is 0 Å². The zero-order chi connectivity index (χ0) is 15.8. The fourth-order valence-corrected chi connectivity index (χ4v) is 4.37. The summed E-state index contributed by atoms with van der Waals surface area (Å²) in [6, 6.07) is 7.37. The fourth-order valence-electron chi connectivity index (χ4n) is 3.40. The highest BCUT2D eigenvalue weighted by atomic mass is 32.1. The molecule has 1 aliphatic carbocycles. The van der Waals surface area contributed by atoms with E-state index in [1.165, 1.54) is 37.4 Å². The highest BCUT2D eigenvalue weighted by Gasteiger charge is 2.23. The van der Waals surface area contributed by atoms with Crippen LogP contribution < -0.4 is 5.32 Å². The van der Waals surface area contributed by atoms with Gasteiger partial charge in [0.2, 0.25) is 0 Å². The van der Waals surface area contributed by atoms with E-state index in [0.717, 1.165) is 22.9 Å². The van der Waals surface area contributed by atoms with Crippen molar-refractivity contribution >= 4 is 22.1 Å². The van der Waals surface area contributed by atoms with E-state index >= 15 is 0 Å². The first kappa shape index (κ1) is 14.7. The third-order valence-corrected chi connectivity index (χ3v) is 5.50. The van der Waals surface area contributed by atoms with Crippen LogP contribution in [0.4, 0.5) is 10.2 Å². The molecule has 1 saturated carbocycles. The molecule has 0 unspecified atom stereocenters. The molecule has 1 aromatic carbocycles. The van der Waals surface area contributed by atoms with Crippen molar-refractivity contribution in [3.8, 4) is 11.3 Å². The Labute approximate surface area is 139 Å². The third-order valence-electron chi connectivity index (χ3n) is 4.62. The minimum atomic E-state index is -0.217. The van der Waals surface area contributed by atoms with Gasteiger partial charge in [-0.15, -0.1) is 11.3 Å². The molecule has 2 aromatic heterocycles. The summed E-state index contributed by atoms with van der Waals surface area (Å²) in [5.41, 5.74) is 2.53. The minimum absolute atomic E-state index is 0.217. The van der Waals surface area contributed by atoms with E-state index in [2.05, 4.69) is 22.0 Å². The van der Waals surface area contributed by atoms with Crippen molar-refractivity contribution in [1.29, 1.82) is 0 Å². The molecule has 3 aromatic rings. The van der Waals surface area contributed by atoms with Crippen molar-refractivity contribution in [2.24, 2.45) is 0 Å². The number of rotatable bonds is 4. The van der Waals surface area contributed by atoms with Gasteiger partial charge < -0.3 is 5.32 Å². The minimum Gasteiger partial charge on any atom is -0.367 e. The second kappa shape index (κ2) is 5.96. The maximum absolute atomic E-state index is 14.3. The summed E-state index contributed by atoms with van der Waals surface area (Å²) in [7, 11) is 0. The normalized spacial score (nSPS) is 15.6. The van der Waals surface area contributed by atoms with Gasteiger partial charge in [0.25, 0.3) is 0 Å². The molecule has 0 amide bonds. The van der Waals surface area contributed by atoms with Crippen LogP contribution in [0, 0.1) is 5.82 Å². The molecule has 0 bridgehead atoms. The number of aromatic nitrogens is 2. The van der Waals surface area contributed by atoms with Gasteiger partial charge in [-0.1, -0.05) is 31.9 Å². The second-order valence-electron chi connectivity index (χ2n) is 6.11. The molecule has 0 radical (unpaired) electrons. The zero-order valence-electron chi connectivity index (χ0n) is 13.2. The number of benzene rings is 1. The molecule has 1 fully saturated rings. The Kier molecular flexibility index (Phi) is 3.81. The fraction of sp³-hybridized carbons (Fsp3) is 0.389. The maximum Gasteiger partial charge on any atom is 0.196 e. The summed E-state index contributed by atoms with van der Waals surface area (Å²) in [5.74, 6) is 0.737. The van der Waals surface area contributed by atoms with Crippen molar-refractivity contribution in [2.45, 2.75) is 45.1 Å². The van der Waals surface area contributed by atoms with Gasteiger partial charge in [0.1, 0.15) is 17.3 Å². The Morgan fingerprint density at radius 3 is 2.83 bits per heavy atom. The number of hydrogen-bond donors (Lipinski definition) is 1. The molecule has 5 heteroatoms. The van der Waals surface area contributed by atoms with Crippen LogP contribution in [-0.4, -0.2) is 15.4 Å². The van der Waals surface area contributed by atoms with E-state index < -0.39 is 0 Å². The van der Waals surface area contributed by atoms with Crippen LogP contribution in [0.15, 0.2) is 29.6 Å². The molecule has 0 saturated heterocycles. The molecule has 23 heavy (non-hydrogen) atoms. The summed E-state index contributed by atoms with van der Waals surface area (Å²) in [5, 5.41) is 5.81. The Bertz CT molecular complexity index is 830. The average molecular weight is 329 g/mol. The van der Waals surface area contributed by atoms with Crippen molar-refractivity contribution in [3.63, 3.8) is 0 Å². The number of anilines is 1. The van der Waals surface area contributed by atoms with Crippen LogP contribution in [0.25, 0.3) is 16.2 Å². The molecule has 2 heterocycles. The Balaban J connectivity index is 1.89. The van der Waals surface area contributed by atoms with E-state index in [4.69, 9.17) is 4.98 Å². The molecule has 1 N–H and O–H groups in total. The van der Waals surface area contributed by atoms with Crippen LogP contribution >= 0.6 is 11.3 Å². The molecular formula is C18H20FN3S. The lowest BCUT2D eigenvalue weighted by molar-refractivity contribution is 0.631. The molecule has 3 nitrogen and oxygen atoms in total. The van der Waals surface area contributed by atoms with Gasteiger partial charge in [-0.2, -0.15) is 0 Å². The predicted octanol–water partition coefficient (Wildman–Crippen LogP) is 5.12. The highest BCUT2D eigenvalue weighted by Crippen LogP contribution is 2.35. The van der Waals surface area contributed by atoms with Gasteiger partial charge in [0.05, 0.1) is 0 Å². The Morgan fingerprint density at radius 1 is 1.30 bits per heavy atom. The SMILES string of the molecule is CCc1csc2nc(-c3ccccc3F)c(NC3CCCC3)n12. The molecule has 1 aliphatic rings. The van der Waals surface area contributed by atoms with Crippen LogP contribution in [0.1, 0.15) is 38.3 Å². The third kappa shape index (κ3) is 2.53. The Hall–Kier alpha value is -1.88. The Morgan fingerprint density at radius 2 is 2.09 bits per heavy atom. The first-order valence-corrected chi connectivity index (χ1v) is 9.16. The van der Waals surface area contributed by atoms with Gasteiger partial charge in [-0.3, -0.25) is 4.40 Å². The van der Waals surface area contributed by atoms with Gasteiger partial charge in [-0.25, -0.2) is 9.37 Å². The quantitative estimate of drug-likeness (QED) is 0.720. The topological polar surface area (TPSA) is 29.3 Å². The second-order valence-corrected chi connectivity index (χ2v) is 6.95. The van der Waals surface area contributed by atoms with Crippen molar-refractivity contribution < 1.29 is 4.39 Å². The number of thiazole rings is 1. The standard InChI is InChI=1S/C18H20FN3S/c1-2-13-11-23-18-21-16(14-9-5-6-10-15(14)19)17(22(13)18)20-12-7-3-4-8-12/h5-6,9-12,20H,2-4,7-8H2,1H3. The largest absolute Gasteiger partial charge is 0.367 e. The van der Waals surface area contributed by atoms with E-state index in [1.807, 2.05) is 12.1 Å². The van der Waals surface area contributed by atoms with E-state index in [-0.39, 0.29) is 5.82 Å². The molecule has 4 rings (SSSR count). The monoisotopic (exact) mass is 329 g/mol. The van der Waals surface area contributed by atoms with E-state index in [1.54, 1.807) is 17.4 Å². The lowest BCUT2D eigenvalue weighted by Crippen LogP contribution is -2.17. The number of nitrogens with zero attached hydrogens (tertiary/aromatic N) is 2. The number of hydrogen-bond acceptors (Lipinski definition) is 3. The summed E-state index contributed by atoms with van der Waals surface area (Å²) in [4.78, 5) is 5.66. The van der Waals surface area contributed by atoms with Crippen molar-refractivity contribution in [1.82, 2.24) is 9.38 Å². The molecule has 120 valence electrons. The van der Waals surface area contributed by atoms with Crippen LogP contribution in [0.5, 0.6) is 0 Å². The summed E-state index contributed by atoms with van der Waals surface area (Å²) in [6.07, 6.45) is 5.81. The van der Waals surface area contributed by atoms with Gasteiger partial charge in [0.15, 0.2) is 4.96 Å². The lowest BCUT2D eigenvalue weighted by atomic mass is 10.1. The molecule has 0 aliphatic heterocycles. The number of aryl methyl sites for hydroxylation is 1. The first-order chi connectivity index (χ1) is 11.3. The zero-order valence-corrected chi connectivity index (χ0v) is 14.0. The summed E-state index contributed by atoms with van der Waals surface area (Å²) < 4.78 is 16.5. The average Bonchev–Trinajstić information content (AvgIpc) is 3.26. The number of imidazole rings is 1. The predicted molar refractivity (Wildman–Crippen MR) is 93.7 cm³/mol.